The summed E-state index contributed by atoms with van der Waals surface area (Å²) in [6.07, 6.45) is 0. The Bertz CT molecular complexity index is 410. The molecule has 0 radical (unpaired) electrons. The van der Waals surface area contributed by atoms with Crippen LogP contribution in [0.4, 0.5) is 0 Å². The zero-order valence-corrected chi connectivity index (χ0v) is 9.73. The SMILES string of the molecule is Cn1nnnc1Sc1nc(Br)cs1. The van der Waals surface area contributed by atoms with Crippen molar-refractivity contribution in [2.45, 2.75) is 9.50 Å². The highest BCUT2D eigenvalue weighted by atomic mass is 79.9. The maximum absolute atomic E-state index is 4.22. The van der Waals surface area contributed by atoms with E-state index >= 15 is 0 Å². The van der Waals surface area contributed by atoms with E-state index in [1.807, 2.05) is 5.38 Å². The first-order valence-corrected chi connectivity index (χ1v) is 5.76. The van der Waals surface area contributed by atoms with Gasteiger partial charge < -0.3 is 0 Å². The lowest BCUT2D eigenvalue weighted by Crippen LogP contribution is -1.92. The van der Waals surface area contributed by atoms with E-state index in [1.54, 1.807) is 23.1 Å². The Morgan fingerprint density at radius 3 is 3.00 bits per heavy atom. The van der Waals surface area contributed by atoms with Crippen molar-refractivity contribution >= 4 is 39.0 Å². The normalized spacial score (nSPS) is 10.6. The molecule has 0 aliphatic heterocycles. The average Bonchev–Trinajstić information content (AvgIpc) is 2.64. The Morgan fingerprint density at radius 2 is 2.46 bits per heavy atom. The highest BCUT2D eigenvalue weighted by Crippen LogP contribution is 2.29. The molecule has 0 atom stereocenters. The molecule has 0 aliphatic rings. The van der Waals surface area contributed by atoms with Crippen molar-refractivity contribution in [3.63, 3.8) is 0 Å². The minimum absolute atomic E-state index is 0.738. The minimum Gasteiger partial charge on any atom is -0.223 e. The predicted molar refractivity (Wildman–Crippen MR) is 52.7 cm³/mol. The molecule has 2 heterocycles. The van der Waals surface area contributed by atoms with Gasteiger partial charge in [0.15, 0.2) is 4.34 Å². The van der Waals surface area contributed by atoms with Crippen LogP contribution in [0.1, 0.15) is 0 Å². The number of halogens is 1. The topological polar surface area (TPSA) is 56.5 Å². The van der Waals surface area contributed by atoms with Gasteiger partial charge in [0.25, 0.3) is 0 Å². The highest BCUT2D eigenvalue weighted by Gasteiger charge is 2.07. The first-order valence-electron chi connectivity index (χ1n) is 3.27. The monoisotopic (exact) mass is 277 g/mol. The molecule has 13 heavy (non-hydrogen) atoms. The zero-order chi connectivity index (χ0) is 9.26. The van der Waals surface area contributed by atoms with Crippen LogP contribution < -0.4 is 0 Å². The van der Waals surface area contributed by atoms with E-state index in [0.717, 1.165) is 14.1 Å². The Labute approximate surface area is 90.7 Å². The largest absolute Gasteiger partial charge is 0.223 e. The number of nitrogens with zero attached hydrogens (tertiary/aromatic N) is 5. The lowest BCUT2D eigenvalue weighted by atomic mass is 11.0. The van der Waals surface area contributed by atoms with Crippen LogP contribution in [0.2, 0.25) is 0 Å². The van der Waals surface area contributed by atoms with E-state index in [1.165, 1.54) is 11.8 Å². The zero-order valence-electron chi connectivity index (χ0n) is 6.51. The van der Waals surface area contributed by atoms with Crippen molar-refractivity contribution in [2.24, 2.45) is 7.05 Å². The van der Waals surface area contributed by atoms with Gasteiger partial charge in [0.2, 0.25) is 5.16 Å². The van der Waals surface area contributed by atoms with Crippen LogP contribution in [0, 0.1) is 0 Å². The molecule has 0 saturated carbocycles. The number of rotatable bonds is 2. The molecule has 5 nitrogen and oxygen atoms in total. The van der Waals surface area contributed by atoms with E-state index in [9.17, 15) is 0 Å². The summed E-state index contributed by atoms with van der Waals surface area (Å²) in [6, 6.07) is 0. The molecule has 0 amide bonds. The summed E-state index contributed by atoms with van der Waals surface area (Å²) >= 11 is 6.28. The molecule has 8 heteroatoms. The number of thiazole rings is 1. The third kappa shape index (κ3) is 2.06. The molecule has 2 aromatic rings. The van der Waals surface area contributed by atoms with Crippen LogP contribution in [0.3, 0.4) is 0 Å². The van der Waals surface area contributed by atoms with E-state index in [-0.39, 0.29) is 0 Å². The molecular weight excluding hydrogens is 274 g/mol. The summed E-state index contributed by atoms with van der Waals surface area (Å²) in [5.74, 6) is 0. The second-order valence-corrected chi connectivity index (χ2v) is 5.01. The van der Waals surface area contributed by atoms with Crippen molar-refractivity contribution in [3.8, 4) is 0 Å². The van der Waals surface area contributed by atoms with Gasteiger partial charge in [-0.3, -0.25) is 0 Å². The van der Waals surface area contributed by atoms with Crippen molar-refractivity contribution in [1.82, 2.24) is 25.2 Å². The summed E-state index contributed by atoms with van der Waals surface area (Å²) in [5.41, 5.74) is 0. The first-order chi connectivity index (χ1) is 6.25. The van der Waals surface area contributed by atoms with Gasteiger partial charge in [0, 0.05) is 12.4 Å². The van der Waals surface area contributed by atoms with Gasteiger partial charge in [0.05, 0.1) is 0 Å². The van der Waals surface area contributed by atoms with Gasteiger partial charge in [-0.1, -0.05) is 0 Å². The molecule has 0 spiro atoms. The molecular formula is C5H4BrN5S2. The molecule has 0 bridgehead atoms. The Kier molecular flexibility index (Phi) is 2.61. The Balaban J connectivity index is 2.19. The molecule has 0 N–H and O–H groups in total. The molecule has 0 unspecified atom stereocenters. The third-order valence-corrected chi connectivity index (χ3v) is 3.89. The highest BCUT2D eigenvalue weighted by molar-refractivity contribution is 9.10. The Hall–Kier alpha value is -0.470. The minimum atomic E-state index is 0.738. The second-order valence-electron chi connectivity index (χ2n) is 2.12. The van der Waals surface area contributed by atoms with Crippen molar-refractivity contribution < 1.29 is 0 Å². The van der Waals surface area contributed by atoms with Gasteiger partial charge in [0.1, 0.15) is 4.60 Å². The summed E-state index contributed by atoms with van der Waals surface area (Å²) in [6.45, 7) is 0. The first kappa shape index (κ1) is 9.10. The predicted octanol–water partition coefficient (Wildman–Crippen LogP) is 1.58. The van der Waals surface area contributed by atoms with Crippen molar-refractivity contribution in [2.75, 3.05) is 0 Å². The van der Waals surface area contributed by atoms with Gasteiger partial charge in [-0.15, -0.1) is 16.4 Å². The van der Waals surface area contributed by atoms with E-state index < -0.39 is 0 Å². The number of aromatic nitrogens is 5. The van der Waals surface area contributed by atoms with Crippen LogP contribution in [0.5, 0.6) is 0 Å². The van der Waals surface area contributed by atoms with Crippen molar-refractivity contribution in [3.05, 3.63) is 9.98 Å². The molecule has 68 valence electrons. The average molecular weight is 278 g/mol. The molecule has 0 saturated heterocycles. The van der Waals surface area contributed by atoms with Crippen LogP contribution in [-0.4, -0.2) is 25.2 Å². The summed E-state index contributed by atoms with van der Waals surface area (Å²) in [5, 5.41) is 13.7. The van der Waals surface area contributed by atoms with Crippen LogP contribution in [0.25, 0.3) is 0 Å². The number of tetrazole rings is 1. The van der Waals surface area contributed by atoms with Gasteiger partial charge in [-0.2, -0.15) is 0 Å². The van der Waals surface area contributed by atoms with Crippen molar-refractivity contribution in [1.29, 1.82) is 0 Å². The molecule has 0 fully saturated rings. The molecule has 0 aromatic carbocycles. The van der Waals surface area contributed by atoms with E-state index in [4.69, 9.17) is 0 Å². The number of hydrogen-bond donors (Lipinski definition) is 0. The summed E-state index contributed by atoms with van der Waals surface area (Å²) < 4.78 is 3.37. The number of aryl methyl sites for hydroxylation is 1. The van der Waals surface area contributed by atoms with E-state index in [2.05, 4.69) is 36.4 Å². The number of hydrogen-bond acceptors (Lipinski definition) is 6. The van der Waals surface area contributed by atoms with Crippen LogP contribution in [-0.2, 0) is 7.05 Å². The quantitative estimate of drug-likeness (QED) is 0.834. The third-order valence-electron chi connectivity index (χ3n) is 1.21. The van der Waals surface area contributed by atoms with Crippen LogP contribution in [0.15, 0.2) is 19.5 Å². The maximum Gasteiger partial charge on any atom is 0.216 e. The molecule has 2 rings (SSSR count). The lowest BCUT2D eigenvalue weighted by Gasteiger charge is -1.92. The fourth-order valence-corrected chi connectivity index (χ4v) is 2.87. The fraction of sp³-hybridized carbons (Fsp3) is 0.200. The molecule has 2 aromatic heterocycles. The lowest BCUT2D eigenvalue weighted by molar-refractivity contribution is 0.664. The van der Waals surface area contributed by atoms with E-state index in [0.29, 0.717) is 0 Å². The Morgan fingerprint density at radius 1 is 1.62 bits per heavy atom. The van der Waals surface area contributed by atoms with Crippen LogP contribution >= 0.6 is 39.0 Å². The second kappa shape index (κ2) is 3.72. The van der Waals surface area contributed by atoms with Gasteiger partial charge in [-0.25, -0.2) is 9.67 Å². The standard InChI is InChI=1S/C5H4BrN5S2/c1-11-4(8-9-10-11)13-5-7-3(6)2-12-5/h2H,1H3. The summed E-state index contributed by atoms with van der Waals surface area (Å²) in [4.78, 5) is 4.22. The smallest absolute Gasteiger partial charge is 0.216 e. The maximum atomic E-state index is 4.22. The van der Waals surface area contributed by atoms with Gasteiger partial charge in [-0.05, 0) is 38.1 Å². The van der Waals surface area contributed by atoms with Gasteiger partial charge >= 0.3 is 0 Å². The summed E-state index contributed by atoms with van der Waals surface area (Å²) in [7, 11) is 1.80. The fourth-order valence-electron chi connectivity index (χ4n) is 0.672. The molecule has 0 aliphatic carbocycles.